The molecule has 6 heteroatoms. The molecule has 3 aromatic rings. The van der Waals surface area contributed by atoms with E-state index in [4.69, 9.17) is 0 Å². The van der Waals surface area contributed by atoms with Crippen LogP contribution in [0.2, 0.25) is 0 Å². The number of hydrogen-bond acceptors (Lipinski definition) is 4. The first-order valence-corrected chi connectivity index (χ1v) is 7.43. The van der Waals surface area contributed by atoms with Crippen molar-refractivity contribution in [3.05, 3.63) is 53.9 Å². The molecule has 1 amide bonds. The van der Waals surface area contributed by atoms with Crippen molar-refractivity contribution in [3.63, 3.8) is 0 Å². The maximum Gasteiger partial charge on any atom is 0.240 e. The van der Waals surface area contributed by atoms with E-state index < -0.39 is 6.10 Å². The van der Waals surface area contributed by atoms with Gasteiger partial charge in [0.1, 0.15) is 12.6 Å². The number of aliphatic hydroxyl groups is 1. The SMILES string of the molecule is O=C(Cn1ccnc1)NCC(O)c1cc2ccccc2s1. The number of rotatable bonds is 5. The molecular formula is C15H15N3O2S. The lowest BCUT2D eigenvalue weighted by Gasteiger charge is -2.10. The van der Waals surface area contributed by atoms with Crippen LogP contribution in [0, 0.1) is 0 Å². The number of amides is 1. The van der Waals surface area contributed by atoms with Gasteiger partial charge in [-0.1, -0.05) is 18.2 Å². The maximum atomic E-state index is 11.8. The monoisotopic (exact) mass is 301 g/mol. The summed E-state index contributed by atoms with van der Waals surface area (Å²) in [6, 6.07) is 9.94. The molecule has 1 unspecified atom stereocenters. The topological polar surface area (TPSA) is 67.2 Å². The second kappa shape index (κ2) is 6.07. The van der Waals surface area contributed by atoms with Crippen molar-refractivity contribution in [1.29, 1.82) is 0 Å². The normalized spacial score (nSPS) is 12.4. The molecule has 0 aliphatic carbocycles. The Labute approximate surface area is 125 Å². The number of hydrogen-bond donors (Lipinski definition) is 2. The first-order chi connectivity index (χ1) is 10.2. The Morgan fingerprint density at radius 1 is 1.43 bits per heavy atom. The molecule has 1 aromatic carbocycles. The van der Waals surface area contributed by atoms with Gasteiger partial charge < -0.3 is 15.0 Å². The van der Waals surface area contributed by atoms with E-state index in [2.05, 4.69) is 10.3 Å². The molecule has 0 aliphatic heterocycles. The summed E-state index contributed by atoms with van der Waals surface area (Å²) in [5.41, 5.74) is 0. The quantitative estimate of drug-likeness (QED) is 0.757. The van der Waals surface area contributed by atoms with Gasteiger partial charge in [0.2, 0.25) is 5.91 Å². The van der Waals surface area contributed by atoms with Crippen molar-refractivity contribution in [2.24, 2.45) is 0 Å². The summed E-state index contributed by atoms with van der Waals surface area (Å²) in [7, 11) is 0. The molecular weight excluding hydrogens is 286 g/mol. The Morgan fingerprint density at radius 2 is 2.29 bits per heavy atom. The molecule has 0 aliphatic rings. The van der Waals surface area contributed by atoms with Crippen LogP contribution in [0.15, 0.2) is 49.1 Å². The molecule has 21 heavy (non-hydrogen) atoms. The summed E-state index contributed by atoms with van der Waals surface area (Å²) in [5.74, 6) is -0.145. The van der Waals surface area contributed by atoms with Crippen LogP contribution >= 0.6 is 11.3 Å². The van der Waals surface area contributed by atoms with Crippen molar-refractivity contribution in [3.8, 4) is 0 Å². The fourth-order valence-electron chi connectivity index (χ4n) is 2.08. The highest BCUT2D eigenvalue weighted by Gasteiger charge is 2.12. The standard InChI is InChI=1S/C15H15N3O2S/c19-12(8-17-15(20)9-18-6-5-16-10-18)14-7-11-3-1-2-4-13(11)21-14/h1-7,10,12,19H,8-9H2,(H,17,20). The minimum absolute atomic E-state index is 0.145. The minimum atomic E-state index is -0.686. The van der Waals surface area contributed by atoms with E-state index in [1.807, 2.05) is 30.3 Å². The smallest absolute Gasteiger partial charge is 0.240 e. The van der Waals surface area contributed by atoms with Crippen LogP contribution in [0.5, 0.6) is 0 Å². The van der Waals surface area contributed by atoms with Crippen LogP contribution in [-0.4, -0.2) is 27.1 Å². The molecule has 1 atom stereocenters. The highest BCUT2D eigenvalue weighted by Crippen LogP contribution is 2.29. The van der Waals surface area contributed by atoms with Gasteiger partial charge in [0, 0.05) is 28.5 Å². The summed E-state index contributed by atoms with van der Waals surface area (Å²) in [6.07, 6.45) is 4.25. The predicted octanol–water partition coefficient (Wildman–Crippen LogP) is 1.95. The zero-order valence-electron chi connectivity index (χ0n) is 11.3. The van der Waals surface area contributed by atoms with E-state index in [-0.39, 0.29) is 19.0 Å². The number of imidazole rings is 1. The maximum absolute atomic E-state index is 11.8. The van der Waals surface area contributed by atoms with Crippen molar-refractivity contribution in [2.45, 2.75) is 12.6 Å². The third kappa shape index (κ3) is 3.29. The Morgan fingerprint density at radius 3 is 3.05 bits per heavy atom. The van der Waals surface area contributed by atoms with E-state index >= 15 is 0 Å². The van der Waals surface area contributed by atoms with Gasteiger partial charge in [0.25, 0.3) is 0 Å². The zero-order chi connectivity index (χ0) is 14.7. The number of nitrogens with one attached hydrogen (secondary N) is 1. The molecule has 0 radical (unpaired) electrons. The fourth-order valence-corrected chi connectivity index (χ4v) is 3.13. The first-order valence-electron chi connectivity index (χ1n) is 6.61. The van der Waals surface area contributed by atoms with Crippen molar-refractivity contribution >= 4 is 27.3 Å². The summed E-state index contributed by atoms with van der Waals surface area (Å²) in [4.78, 5) is 16.5. The van der Waals surface area contributed by atoms with Crippen LogP contribution in [-0.2, 0) is 11.3 Å². The third-order valence-corrected chi connectivity index (χ3v) is 4.37. The van der Waals surface area contributed by atoms with Gasteiger partial charge in [-0.05, 0) is 17.5 Å². The molecule has 0 bridgehead atoms. The average Bonchev–Trinajstić information content (AvgIpc) is 3.13. The Bertz CT molecular complexity index is 703. The number of carbonyl (C=O) groups excluding carboxylic acids is 1. The fraction of sp³-hybridized carbons (Fsp3) is 0.200. The van der Waals surface area contributed by atoms with Gasteiger partial charge >= 0.3 is 0 Å². The van der Waals surface area contributed by atoms with Crippen LogP contribution in [0.3, 0.4) is 0 Å². The summed E-state index contributed by atoms with van der Waals surface area (Å²) >= 11 is 1.55. The molecule has 5 nitrogen and oxygen atoms in total. The first kappa shape index (κ1) is 13.8. The van der Waals surface area contributed by atoms with E-state index in [1.54, 1.807) is 34.6 Å². The van der Waals surface area contributed by atoms with Crippen LogP contribution in [0.4, 0.5) is 0 Å². The van der Waals surface area contributed by atoms with Crippen LogP contribution < -0.4 is 5.32 Å². The van der Waals surface area contributed by atoms with E-state index in [0.29, 0.717) is 0 Å². The second-order valence-electron chi connectivity index (χ2n) is 4.74. The van der Waals surface area contributed by atoms with Crippen molar-refractivity contribution < 1.29 is 9.90 Å². The lowest BCUT2D eigenvalue weighted by Crippen LogP contribution is -2.30. The van der Waals surface area contributed by atoms with E-state index in [0.717, 1.165) is 15.0 Å². The Kier molecular flexibility index (Phi) is 3.98. The lowest BCUT2D eigenvalue weighted by atomic mass is 10.2. The molecule has 2 N–H and O–H groups in total. The zero-order valence-corrected chi connectivity index (χ0v) is 12.1. The summed E-state index contributed by atoms with van der Waals surface area (Å²) < 4.78 is 2.82. The van der Waals surface area contributed by atoms with E-state index in [9.17, 15) is 9.90 Å². The average molecular weight is 301 g/mol. The van der Waals surface area contributed by atoms with Gasteiger partial charge in [-0.3, -0.25) is 4.79 Å². The largest absolute Gasteiger partial charge is 0.386 e. The lowest BCUT2D eigenvalue weighted by molar-refractivity contribution is -0.122. The molecule has 3 rings (SSSR count). The molecule has 0 fully saturated rings. The van der Waals surface area contributed by atoms with Gasteiger partial charge in [0.05, 0.1) is 6.33 Å². The van der Waals surface area contributed by atoms with Crippen LogP contribution in [0.25, 0.3) is 10.1 Å². The molecule has 0 saturated heterocycles. The predicted molar refractivity (Wildman–Crippen MR) is 82.0 cm³/mol. The Balaban J connectivity index is 1.58. The molecule has 108 valence electrons. The van der Waals surface area contributed by atoms with Crippen molar-refractivity contribution in [1.82, 2.24) is 14.9 Å². The summed E-state index contributed by atoms with van der Waals surface area (Å²) in [5, 5.41) is 14.0. The number of aromatic nitrogens is 2. The second-order valence-corrected chi connectivity index (χ2v) is 5.86. The van der Waals surface area contributed by atoms with E-state index in [1.165, 1.54) is 0 Å². The number of thiophene rings is 1. The number of carbonyl (C=O) groups is 1. The highest BCUT2D eigenvalue weighted by atomic mass is 32.1. The van der Waals surface area contributed by atoms with Crippen LogP contribution in [0.1, 0.15) is 11.0 Å². The molecule has 2 aromatic heterocycles. The summed E-state index contributed by atoms with van der Waals surface area (Å²) in [6.45, 7) is 0.416. The number of aliphatic hydroxyl groups excluding tert-OH is 1. The van der Waals surface area contributed by atoms with Crippen molar-refractivity contribution in [2.75, 3.05) is 6.54 Å². The minimum Gasteiger partial charge on any atom is -0.386 e. The van der Waals surface area contributed by atoms with Gasteiger partial charge in [-0.25, -0.2) is 4.98 Å². The number of benzene rings is 1. The molecule has 0 spiro atoms. The van der Waals surface area contributed by atoms with Gasteiger partial charge in [0.15, 0.2) is 0 Å². The number of nitrogens with zero attached hydrogens (tertiary/aromatic N) is 2. The number of fused-ring (bicyclic) bond motifs is 1. The molecule has 2 heterocycles. The highest BCUT2D eigenvalue weighted by molar-refractivity contribution is 7.19. The van der Waals surface area contributed by atoms with Gasteiger partial charge in [-0.15, -0.1) is 11.3 Å². The Hall–Kier alpha value is -2.18. The molecule has 0 saturated carbocycles. The third-order valence-electron chi connectivity index (χ3n) is 3.15. The van der Waals surface area contributed by atoms with Gasteiger partial charge in [-0.2, -0.15) is 0 Å².